The summed E-state index contributed by atoms with van der Waals surface area (Å²) in [5.74, 6) is 0.0268. The number of nitrogens with zero attached hydrogens (tertiary/aromatic N) is 1. The van der Waals surface area contributed by atoms with Crippen molar-refractivity contribution >= 4 is 24.1 Å². The van der Waals surface area contributed by atoms with E-state index in [-0.39, 0.29) is 36.9 Å². The fourth-order valence-corrected chi connectivity index (χ4v) is 2.93. The Morgan fingerprint density at radius 3 is 2.37 bits per heavy atom. The van der Waals surface area contributed by atoms with Crippen molar-refractivity contribution in [2.24, 2.45) is 5.73 Å². The van der Waals surface area contributed by atoms with Crippen molar-refractivity contribution in [3.8, 4) is 0 Å². The molecule has 2 aromatic carbocycles. The first-order valence-corrected chi connectivity index (χ1v) is 9.13. The molecule has 0 saturated heterocycles. The Bertz CT molecular complexity index is 747. The summed E-state index contributed by atoms with van der Waals surface area (Å²) in [7, 11) is 0. The van der Waals surface area contributed by atoms with E-state index < -0.39 is 0 Å². The van der Waals surface area contributed by atoms with E-state index in [2.05, 4.69) is 0 Å². The van der Waals surface area contributed by atoms with Gasteiger partial charge in [0.15, 0.2) is 5.78 Å². The number of Topliss-reactive ketones (excluding diaryl/α,β-unsaturated/α-hetero) is 1. The Kier molecular flexibility index (Phi) is 9.76. The van der Waals surface area contributed by atoms with Gasteiger partial charge in [-0.15, -0.1) is 12.4 Å². The summed E-state index contributed by atoms with van der Waals surface area (Å²) in [6, 6.07) is 15.7. The zero-order valence-corrected chi connectivity index (χ0v) is 16.9. The number of carbonyl (C=O) groups excluding carboxylic acids is 2. The molecule has 2 N–H and O–H groups in total. The molecule has 0 fully saturated rings. The second kappa shape index (κ2) is 11.5. The van der Waals surface area contributed by atoms with Crippen LogP contribution in [0.25, 0.3) is 0 Å². The number of halogens is 1. The fraction of sp³-hybridized carbons (Fsp3) is 0.364. The van der Waals surface area contributed by atoms with E-state index in [1.165, 1.54) is 0 Å². The van der Waals surface area contributed by atoms with Gasteiger partial charge in [0.2, 0.25) is 5.91 Å². The third-order valence-electron chi connectivity index (χ3n) is 4.46. The third kappa shape index (κ3) is 7.16. The molecule has 0 bridgehead atoms. The molecule has 27 heavy (non-hydrogen) atoms. The first-order valence-electron chi connectivity index (χ1n) is 9.13. The van der Waals surface area contributed by atoms with Crippen LogP contribution in [0, 0.1) is 13.8 Å². The molecular weight excluding hydrogens is 360 g/mol. The molecule has 0 radical (unpaired) electrons. The average molecular weight is 389 g/mol. The van der Waals surface area contributed by atoms with E-state index >= 15 is 0 Å². The lowest BCUT2D eigenvalue weighted by molar-refractivity contribution is -0.131. The first kappa shape index (κ1) is 22.9. The van der Waals surface area contributed by atoms with Crippen LogP contribution in [-0.4, -0.2) is 29.7 Å². The molecule has 0 spiro atoms. The Morgan fingerprint density at radius 2 is 1.70 bits per heavy atom. The van der Waals surface area contributed by atoms with Gasteiger partial charge < -0.3 is 10.6 Å². The molecule has 146 valence electrons. The normalized spacial score (nSPS) is 10.2. The Labute approximate surface area is 168 Å². The van der Waals surface area contributed by atoms with Gasteiger partial charge in [-0.25, -0.2) is 0 Å². The molecule has 0 heterocycles. The van der Waals surface area contributed by atoms with Gasteiger partial charge >= 0.3 is 0 Å². The number of carbonyl (C=O) groups is 2. The summed E-state index contributed by atoms with van der Waals surface area (Å²) in [5.41, 5.74) is 9.42. The summed E-state index contributed by atoms with van der Waals surface area (Å²) in [5, 5.41) is 0. The minimum absolute atomic E-state index is 0. The van der Waals surface area contributed by atoms with Crippen molar-refractivity contribution in [3.63, 3.8) is 0 Å². The van der Waals surface area contributed by atoms with Crippen LogP contribution in [0.5, 0.6) is 0 Å². The molecule has 4 nitrogen and oxygen atoms in total. The SMILES string of the molecule is Cc1ccc(C)c(C(=O)CCC(=O)N(CCCN)Cc2ccccc2)c1.Cl. The van der Waals surface area contributed by atoms with E-state index in [1.54, 1.807) is 4.90 Å². The van der Waals surface area contributed by atoms with E-state index in [0.29, 0.717) is 19.6 Å². The molecule has 0 aliphatic heterocycles. The topological polar surface area (TPSA) is 63.4 Å². The lowest BCUT2D eigenvalue weighted by Gasteiger charge is -2.22. The second-order valence-corrected chi connectivity index (χ2v) is 6.68. The standard InChI is InChI=1S/C22H28N2O2.ClH/c1-17-9-10-18(2)20(15-17)21(25)11-12-22(26)24(14-6-13-23)16-19-7-4-3-5-8-19;/h3-5,7-10,15H,6,11-14,16,23H2,1-2H3;1H. The van der Waals surface area contributed by atoms with Crippen molar-refractivity contribution in [2.45, 2.75) is 39.7 Å². The number of nitrogens with two attached hydrogens (primary N) is 1. The minimum Gasteiger partial charge on any atom is -0.338 e. The number of amides is 1. The number of hydrogen-bond acceptors (Lipinski definition) is 3. The van der Waals surface area contributed by atoms with Crippen LogP contribution in [0.4, 0.5) is 0 Å². The highest BCUT2D eigenvalue weighted by Gasteiger charge is 2.17. The van der Waals surface area contributed by atoms with Gasteiger partial charge in [-0.3, -0.25) is 9.59 Å². The van der Waals surface area contributed by atoms with Crippen LogP contribution in [0.1, 0.15) is 46.3 Å². The Balaban J connectivity index is 0.00000364. The van der Waals surface area contributed by atoms with Gasteiger partial charge in [0.25, 0.3) is 0 Å². The van der Waals surface area contributed by atoms with E-state index in [9.17, 15) is 9.59 Å². The Hall–Kier alpha value is -2.17. The Morgan fingerprint density at radius 1 is 1.00 bits per heavy atom. The molecule has 0 atom stereocenters. The van der Waals surface area contributed by atoms with Gasteiger partial charge in [0.1, 0.15) is 0 Å². The number of rotatable bonds is 9. The molecule has 2 rings (SSSR count). The molecule has 0 aromatic heterocycles. The van der Waals surface area contributed by atoms with E-state index in [4.69, 9.17) is 5.73 Å². The fourth-order valence-electron chi connectivity index (χ4n) is 2.93. The number of aryl methyl sites for hydroxylation is 2. The third-order valence-corrected chi connectivity index (χ3v) is 4.46. The molecule has 5 heteroatoms. The van der Waals surface area contributed by atoms with Crippen molar-refractivity contribution in [3.05, 3.63) is 70.8 Å². The lowest BCUT2D eigenvalue weighted by Crippen LogP contribution is -2.32. The largest absolute Gasteiger partial charge is 0.338 e. The molecule has 0 unspecified atom stereocenters. The monoisotopic (exact) mass is 388 g/mol. The predicted octanol–water partition coefficient (Wildman–Crippen LogP) is 4.07. The number of hydrogen-bond donors (Lipinski definition) is 1. The molecule has 2 aromatic rings. The highest BCUT2D eigenvalue weighted by atomic mass is 35.5. The summed E-state index contributed by atoms with van der Waals surface area (Å²) in [4.78, 5) is 27.0. The van der Waals surface area contributed by atoms with Crippen molar-refractivity contribution in [1.29, 1.82) is 0 Å². The average Bonchev–Trinajstić information content (AvgIpc) is 2.65. The van der Waals surface area contributed by atoms with Crippen LogP contribution < -0.4 is 5.73 Å². The quantitative estimate of drug-likeness (QED) is 0.658. The maximum Gasteiger partial charge on any atom is 0.223 e. The zero-order chi connectivity index (χ0) is 18.9. The highest BCUT2D eigenvalue weighted by Crippen LogP contribution is 2.15. The smallest absolute Gasteiger partial charge is 0.223 e. The molecule has 0 saturated carbocycles. The summed E-state index contributed by atoms with van der Waals surface area (Å²) in [6.45, 7) is 5.60. The maximum atomic E-state index is 12.7. The van der Waals surface area contributed by atoms with Crippen LogP contribution in [-0.2, 0) is 11.3 Å². The van der Waals surface area contributed by atoms with Crippen LogP contribution in [0.2, 0.25) is 0 Å². The van der Waals surface area contributed by atoms with Crippen LogP contribution in [0.3, 0.4) is 0 Å². The van der Waals surface area contributed by atoms with E-state index in [0.717, 1.165) is 28.7 Å². The van der Waals surface area contributed by atoms with Crippen LogP contribution in [0.15, 0.2) is 48.5 Å². The van der Waals surface area contributed by atoms with Gasteiger partial charge in [0, 0.05) is 31.5 Å². The number of benzene rings is 2. The van der Waals surface area contributed by atoms with Crippen molar-refractivity contribution in [2.75, 3.05) is 13.1 Å². The molecule has 1 amide bonds. The first-order chi connectivity index (χ1) is 12.5. The summed E-state index contributed by atoms with van der Waals surface area (Å²) >= 11 is 0. The molecular formula is C22H29ClN2O2. The van der Waals surface area contributed by atoms with Crippen molar-refractivity contribution < 1.29 is 9.59 Å². The minimum atomic E-state index is 0. The predicted molar refractivity (Wildman–Crippen MR) is 112 cm³/mol. The van der Waals surface area contributed by atoms with Gasteiger partial charge in [-0.1, -0.05) is 48.0 Å². The van der Waals surface area contributed by atoms with E-state index in [1.807, 2.05) is 62.4 Å². The molecule has 0 aliphatic carbocycles. The van der Waals surface area contributed by atoms with Gasteiger partial charge in [0.05, 0.1) is 0 Å². The lowest BCUT2D eigenvalue weighted by atomic mass is 9.99. The number of ketones is 1. The summed E-state index contributed by atoms with van der Waals surface area (Å²) < 4.78 is 0. The maximum absolute atomic E-state index is 12.7. The molecule has 0 aliphatic rings. The zero-order valence-electron chi connectivity index (χ0n) is 16.1. The summed E-state index contributed by atoms with van der Waals surface area (Å²) in [6.07, 6.45) is 1.21. The van der Waals surface area contributed by atoms with Gasteiger partial charge in [-0.2, -0.15) is 0 Å². The van der Waals surface area contributed by atoms with Gasteiger partial charge in [-0.05, 0) is 44.0 Å². The van der Waals surface area contributed by atoms with Crippen molar-refractivity contribution in [1.82, 2.24) is 4.90 Å². The second-order valence-electron chi connectivity index (χ2n) is 6.68. The van der Waals surface area contributed by atoms with Crippen LogP contribution >= 0.6 is 12.4 Å². The highest BCUT2D eigenvalue weighted by molar-refractivity contribution is 5.99.